The Morgan fingerprint density at radius 1 is 1.50 bits per heavy atom. The number of ether oxygens (including phenoxy) is 1. The van der Waals surface area contributed by atoms with Crippen LogP contribution in [-0.4, -0.2) is 36.7 Å². The van der Waals surface area contributed by atoms with Crippen LogP contribution >= 0.6 is 0 Å². The fourth-order valence-electron chi connectivity index (χ4n) is 2.00. The molecule has 0 spiro atoms. The van der Waals surface area contributed by atoms with Crippen LogP contribution in [0.15, 0.2) is 24.3 Å². The van der Waals surface area contributed by atoms with E-state index in [0.717, 1.165) is 0 Å². The Morgan fingerprint density at radius 3 is 2.78 bits per heavy atom. The fraction of sp³-hybridized carbons (Fsp3) is 0.385. The topological polar surface area (TPSA) is 66.8 Å². The second-order valence-electron chi connectivity index (χ2n) is 4.35. The summed E-state index contributed by atoms with van der Waals surface area (Å²) in [5, 5.41) is 9.67. The molecular formula is C13H15NO4. The van der Waals surface area contributed by atoms with Crippen molar-refractivity contribution >= 4 is 17.6 Å². The number of benzene rings is 1. The van der Waals surface area contributed by atoms with E-state index in [-0.39, 0.29) is 12.5 Å². The van der Waals surface area contributed by atoms with Gasteiger partial charge in [-0.2, -0.15) is 0 Å². The lowest BCUT2D eigenvalue weighted by Gasteiger charge is -2.16. The summed E-state index contributed by atoms with van der Waals surface area (Å²) < 4.78 is 4.63. The molecule has 1 heterocycles. The van der Waals surface area contributed by atoms with Gasteiger partial charge in [-0.15, -0.1) is 0 Å². The number of rotatable bonds is 2. The molecular weight excluding hydrogens is 234 g/mol. The molecule has 1 aromatic rings. The van der Waals surface area contributed by atoms with Gasteiger partial charge in [-0.05, 0) is 18.2 Å². The molecule has 0 radical (unpaired) electrons. The van der Waals surface area contributed by atoms with E-state index >= 15 is 0 Å². The Balaban J connectivity index is 2.30. The molecule has 2 rings (SSSR count). The largest absolute Gasteiger partial charge is 0.465 e. The van der Waals surface area contributed by atoms with Gasteiger partial charge in [0.25, 0.3) is 0 Å². The van der Waals surface area contributed by atoms with Crippen LogP contribution in [0.2, 0.25) is 0 Å². The Labute approximate surface area is 105 Å². The van der Waals surface area contributed by atoms with Crippen LogP contribution in [0.5, 0.6) is 0 Å². The van der Waals surface area contributed by atoms with Gasteiger partial charge in [0.1, 0.15) is 0 Å². The number of esters is 1. The van der Waals surface area contributed by atoms with Gasteiger partial charge < -0.3 is 14.7 Å². The first kappa shape index (κ1) is 12.6. The van der Waals surface area contributed by atoms with E-state index in [2.05, 4.69) is 4.74 Å². The van der Waals surface area contributed by atoms with Crippen LogP contribution in [0.1, 0.15) is 17.3 Å². The number of hydrogen-bond acceptors (Lipinski definition) is 4. The van der Waals surface area contributed by atoms with Crippen molar-refractivity contribution in [2.24, 2.45) is 5.92 Å². The summed E-state index contributed by atoms with van der Waals surface area (Å²) in [6.07, 6.45) is -0.667. The van der Waals surface area contributed by atoms with Gasteiger partial charge in [0.15, 0.2) is 0 Å². The zero-order chi connectivity index (χ0) is 13.3. The quantitative estimate of drug-likeness (QED) is 0.788. The maximum atomic E-state index is 11.9. The minimum absolute atomic E-state index is 0.135. The Kier molecular flexibility index (Phi) is 3.34. The van der Waals surface area contributed by atoms with Gasteiger partial charge >= 0.3 is 5.97 Å². The highest BCUT2D eigenvalue weighted by Crippen LogP contribution is 2.26. The maximum Gasteiger partial charge on any atom is 0.337 e. The van der Waals surface area contributed by atoms with Gasteiger partial charge in [0.2, 0.25) is 5.91 Å². The van der Waals surface area contributed by atoms with E-state index in [1.54, 1.807) is 31.2 Å². The molecule has 1 aliphatic heterocycles. The molecule has 1 N–H and O–H groups in total. The summed E-state index contributed by atoms with van der Waals surface area (Å²) >= 11 is 0. The monoisotopic (exact) mass is 249 g/mol. The fourth-order valence-corrected chi connectivity index (χ4v) is 2.00. The van der Waals surface area contributed by atoms with E-state index in [1.165, 1.54) is 12.0 Å². The summed E-state index contributed by atoms with van der Waals surface area (Å²) in [6.45, 7) is 1.95. The highest BCUT2D eigenvalue weighted by atomic mass is 16.5. The predicted molar refractivity (Wildman–Crippen MR) is 65.3 cm³/mol. The lowest BCUT2D eigenvalue weighted by Crippen LogP contribution is -2.26. The summed E-state index contributed by atoms with van der Waals surface area (Å²) in [5.74, 6) is -0.992. The molecule has 1 saturated heterocycles. The van der Waals surface area contributed by atoms with E-state index in [9.17, 15) is 14.7 Å². The van der Waals surface area contributed by atoms with Crippen LogP contribution in [0.4, 0.5) is 5.69 Å². The zero-order valence-electron chi connectivity index (χ0n) is 10.3. The molecule has 5 nitrogen and oxygen atoms in total. The minimum Gasteiger partial charge on any atom is -0.465 e. The normalized spacial score (nSPS) is 23.3. The molecule has 0 saturated carbocycles. The molecule has 1 aliphatic rings. The summed E-state index contributed by atoms with van der Waals surface area (Å²) in [7, 11) is 1.31. The Bertz CT molecular complexity index is 486. The zero-order valence-corrected chi connectivity index (χ0v) is 10.3. The average Bonchev–Trinajstić information content (AvgIpc) is 2.66. The summed E-state index contributed by atoms with van der Waals surface area (Å²) in [4.78, 5) is 24.8. The second kappa shape index (κ2) is 4.78. The Morgan fingerprint density at radius 2 is 2.22 bits per heavy atom. The van der Waals surface area contributed by atoms with Crippen molar-refractivity contribution in [3.05, 3.63) is 29.8 Å². The molecule has 1 fully saturated rings. The lowest BCUT2D eigenvalue weighted by atomic mass is 10.1. The van der Waals surface area contributed by atoms with Crippen LogP contribution in [-0.2, 0) is 9.53 Å². The van der Waals surface area contributed by atoms with Gasteiger partial charge in [0, 0.05) is 5.69 Å². The second-order valence-corrected chi connectivity index (χ2v) is 4.35. The molecule has 2 atom stereocenters. The standard InChI is InChI=1S/C13H15NO4/c1-8-11(15)7-14(12(8)16)10-5-3-4-9(6-10)13(17)18-2/h3-6,8,11,15H,7H2,1-2H3/t8-,11?/m0/s1. The number of nitrogens with zero attached hydrogens (tertiary/aromatic N) is 1. The average molecular weight is 249 g/mol. The van der Waals surface area contributed by atoms with Gasteiger partial charge in [-0.1, -0.05) is 13.0 Å². The van der Waals surface area contributed by atoms with Crippen molar-refractivity contribution in [2.45, 2.75) is 13.0 Å². The molecule has 1 aromatic carbocycles. The van der Waals surface area contributed by atoms with Crippen molar-refractivity contribution in [1.82, 2.24) is 0 Å². The van der Waals surface area contributed by atoms with Crippen molar-refractivity contribution in [1.29, 1.82) is 0 Å². The Hall–Kier alpha value is -1.88. The number of methoxy groups -OCH3 is 1. The minimum atomic E-state index is -0.667. The number of hydrogen-bond donors (Lipinski definition) is 1. The molecule has 0 aromatic heterocycles. The van der Waals surface area contributed by atoms with Crippen molar-refractivity contribution in [3.63, 3.8) is 0 Å². The first-order valence-electron chi connectivity index (χ1n) is 5.72. The number of anilines is 1. The number of aliphatic hydroxyl groups is 1. The van der Waals surface area contributed by atoms with Crippen LogP contribution < -0.4 is 4.90 Å². The van der Waals surface area contributed by atoms with Crippen molar-refractivity contribution in [2.75, 3.05) is 18.6 Å². The van der Waals surface area contributed by atoms with Crippen molar-refractivity contribution in [3.8, 4) is 0 Å². The number of aliphatic hydroxyl groups excluding tert-OH is 1. The third-order valence-electron chi connectivity index (χ3n) is 3.18. The van der Waals surface area contributed by atoms with Gasteiger partial charge in [0.05, 0.1) is 31.2 Å². The molecule has 18 heavy (non-hydrogen) atoms. The van der Waals surface area contributed by atoms with Crippen LogP contribution in [0.3, 0.4) is 0 Å². The van der Waals surface area contributed by atoms with Crippen molar-refractivity contribution < 1.29 is 19.4 Å². The smallest absolute Gasteiger partial charge is 0.337 e. The maximum absolute atomic E-state index is 11.9. The SMILES string of the molecule is COC(=O)c1cccc(N2CC(O)[C@H](C)C2=O)c1. The summed E-state index contributed by atoms with van der Waals surface area (Å²) in [5.41, 5.74) is 0.989. The van der Waals surface area contributed by atoms with Gasteiger partial charge in [-0.3, -0.25) is 4.79 Å². The first-order valence-corrected chi connectivity index (χ1v) is 5.72. The highest BCUT2D eigenvalue weighted by molar-refractivity contribution is 5.99. The molecule has 0 aliphatic carbocycles. The molecule has 0 bridgehead atoms. The molecule has 1 unspecified atom stereocenters. The van der Waals surface area contributed by atoms with E-state index in [1.807, 2.05) is 0 Å². The molecule has 96 valence electrons. The summed E-state index contributed by atoms with van der Waals surface area (Å²) in [6, 6.07) is 6.63. The third-order valence-corrected chi connectivity index (χ3v) is 3.18. The molecule has 5 heteroatoms. The first-order chi connectivity index (χ1) is 8.54. The van der Waals surface area contributed by atoms with E-state index < -0.39 is 18.0 Å². The molecule has 1 amide bonds. The van der Waals surface area contributed by atoms with Crippen LogP contribution in [0.25, 0.3) is 0 Å². The predicted octanol–water partition coefficient (Wildman–Crippen LogP) is 0.817. The van der Waals surface area contributed by atoms with Gasteiger partial charge in [-0.25, -0.2) is 4.79 Å². The number of carbonyl (C=O) groups is 2. The lowest BCUT2D eigenvalue weighted by molar-refractivity contribution is -0.121. The number of amides is 1. The van der Waals surface area contributed by atoms with E-state index in [4.69, 9.17) is 0 Å². The highest BCUT2D eigenvalue weighted by Gasteiger charge is 2.36. The number of carbonyl (C=O) groups excluding carboxylic acids is 2. The van der Waals surface area contributed by atoms with E-state index in [0.29, 0.717) is 11.3 Å². The van der Waals surface area contributed by atoms with Crippen LogP contribution in [0, 0.1) is 5.92 Å². The third kappa shape index (κ3) is 2.09. The number of β-amino-alcohol motifs (C(OH)–C–C–N with tert-alkyl or cyclic N) is 1.